The molecule has 4 N–H and O–H groups in total. The Morgan fingerprint density at radius 2 is 1.78 bits per heavy atom. The quantitative estimate of drug-likeness (QED) is 0.654. The van der Waals surface area contributed by atoms with Crippen LogP contribution in [0.2, 0.25) is 0 Å². The van der Waals surface area contributed by atoms with Gasteiger partial charge >= 0.3 is 0 Å². The minimum absolute atomic E-state index is 0.112. The van der Waals surface area contributed by atoms with Gasteiger partial charge in [-0.3, -0.25) is 4.79 Å². The molecule has 1 amide bonds. The first-order chi connectivity index (χ1) is 13.0. The highest BCUT2D eigenvalue weighted by Crippen LogP contribution is 2.38. The molecule has 3 rings (SSSR count). The van der Waals surface area contributed by atoms with Gasteiger partial charge in [-0.2, -0.15) is 0 Å². The number of rotatable bonds is 6. The normalized spacial score (nSPS) is 17.2. The molecule has 27 heavy (non-hydrogen) atoms. The van der Waals surface area contributed by atoms with Crippen LogP contribution >= 0.6 is 0 Å². The van der Waals surface area contributed by atoms with Gasteiger partial charge < -0.3 is 16.2 Å². The summed E-state index contributed by atoms with van der Waals surface area (Å²) < 4.78 is 16.1. The van der Waals surface area contributed by atoms with E-state index in [1.165, 1.54) is 18.6 Å². The maximum atomic E-state index is 16.1. The molecule has 1 aliphatic carbocycles. The van der Waals surface area contributed by atoms with E-state index in [9.17, 15) is 9.90 Å². The zero-order valence-corrected chi connectivity index (χ0v) is 15.5. The fourth-order valence-electron chi connectivity index (χ4n) is 3.90. The van der Waals surface area contributed by atoms with Crippen molar-refractivity contribution in [1.82, 2.24) is 5.32 Å². The Balaban J connectivity index is 1.77. The summed E-state index contributed by atoms with van der Waals surface area (Å²) in [6, 6.07) is 13.1. The predicted octanol–water partition coefficient (Wildman–Crippen LogP) is 4.54. The van der Waals surface area contributed by atoms with Gasteiger partial charge in [0.15, 0.2) is 5.67 Å². The van der Waals surface area contributed by atoms with Crippen LogP contribution < -0.4 is 11.1 Å². The van der Waals surface area contributed by atoms with E-state index in [1.54, 1.807) is 36.4 Å². The molecule has 5 heteroatoms. The van der Waals surface area contributed by atoms with Gasteiger partial charge in [0.1, 0.15) is 5.75 Å². The number of nitrogens with two attached hydrogens (primary N) is 1. The third-order valence-electron chi connectivity index (χ3n) is 5.44. The number of anilines is 1. The van der Waals surface area contributed by atoms with Gasteiger partial charge in [-0.15, -0.1) is 0 Å². The molecular formula is C22H27FN2O2. The number of carbonyl (C=O) groups is 1. The van der Waals surface area contributed by atoms with Crippen LogP contribution in [-0.2, 0) is 5.67 Å². The summed E-state index contributed by atoms with van der Waals surface area (Å²) in [6.07, 6.45) is 5.89. The molecule has 1 aliphatic rings. The first kappa shape index (κ1) is 19.2. The molecule has 0 spiro atoms. The highest BCUT2D eigenvalue weighted by atomic mass is 19.1. The predicted molar refractivity (Wildman–Crippen MR) is 105 cm³/mol. The molecule has 0 saturated heterocycles. The van der Waals surface area contributed by atoms with Gasteiger partial charge in [-0.1, -0.05) is 56.4 Å². The lowest BCUT2D eigenvalue weighted by Crippen LogP contribution is -2.39. The zero-order chi connectivity index (χ0) is 19.3. The Labute approximate surface area is 159 Å². The van der Waals surface area contributed by atoms with Crippen molar-refractivity contribution in [2.24, 2.45) is 5.92 Å². The van der Waals surface area contributed by atoms with Gasteiger partial charge in [0, 0.05) is 5.69 Å². The lowest BCUT2D eigenvalue weighted by molar-refractivity contribution is 0.0816. The fourth-order valence-corrected chi connectivity index (χ4v) is 3.90. The minimum atomic E-state index is -1.67. The van der Waals surface area contributed by atoms with Crippen molar-refractivity contribution in [1.29, 1.82) is 0 Å². The van der Waals surface area contributed by atoms with Crippen molar-refractivity contribution in [2.45, 2.75) is 44.2 Å². The van der Waals surface area contributed by atoms with E-state index >= 15 is 4.39 Å². The summed E-state index contributed by atoms with van der Waals surface area (Å²) in [6.45, 7) is -0.138. The average Bonchev–Trinajstić information content (AvgIpc) is 2.68. The largest absolute Gasteiger partial charge is 0.507 e. The second-order valence-corrected chi connectivity index (χ2v) is 7.50. The van der Waals surface area contributed by atoms with E-state index in [1.807, 2.05) is 0 Å². The van der Waals surface area contributed by atoms with Crippen LogP contribution in [-0.4, -0.2) is 17.6 Å². The molecule has 1 atom stereocenters. The molecule has 1 saturated carbocycles. The van der Waals surface area contributed by atoms with Crippen LogP contribution in [0.3, 0.4) is 0 Å². The third-order valence-corrected chi connectivity index (χ3v) is 5.44. The Hall–Kier alpha value is -2.56. The Morgan fingerprint density at radius 3 is 2.44 bits per heavy atom. The molecule has 2 aromatic carbocycles. The van der Waals surface area contributed by atoms with E-state index in [-0.39, 0.29) is 17.9 Å². The van der Waals surface area contributed by atoms with Crippen LogP contribution in [0.4, 0.5) is 10.1 Å². The second-order valence-electron chi connectivity index (χ2n) is 7.50. The highest BCUT2D eigenvalue weighted by molar-refractivity contribution is 5.96. The molecule has 0 aromatic heterocycles. The first-order valence-corrected chi connectivity index (χ1v) is 9.59. The smallest absolute Gasteiger partial charge is 0.255 e. The number of phenolic OH excluding ortho intramolecular Hbond substituents is 1. The Bertz CT molecular complexity index is 772. The number of benzene rings is 2. The molecule has 1 unspecified atom stereocenters. The van der Waals surface area contributed by atoms with Crippen LogP contribution in [0.15, 0.2) is 48.5 Å². The molecule has 1 fully saturated rings. The number of amides is 1. The number of hydrogen-bond donors (Lipinski definition) is 3. The van der Waals surface area contributed by atoms with E-state index in [0.717, 1.165) is 25.7 Å². The number of aromatic hydroxyl groups is 1. The number of carbonyl (C=O) groups excluding carboxylic acids is 1. The number of para-hydroxylation sites is 1. The Kier molecular flexibility index (Phi) is 5.99. The maximum absolute atomic E-state index is 16.1. The topological polar surface area (TPSA) is 75.3 Å². The van der Waals surface area contributed by atoms with Crippen LogP contribution in [0, 0.1) is 5.92 Å². The molecule has 0 bridgehead atoms. The summed E-state index contributed by atoms with van der Waals surface area (Å²) in [5.74, 6) is -0.281. The SMILES string of the molecule is Nc1ccc(C(F)(CNC(=O)c2ccccc2O)CC2CCCCC2)cc1. The van der Waals surface area contributed by atoms with Crippen molar-refractivity contribution in [3.05, 3.63) is 59.7 Å². The lowest BCUT2D eigenvalue weighted by Gasteiger charge is -2.32. The van der Waals surface area contributed by atoms with Crippen LogP contribution in [0.1, 0.15) is 54.4 Å². The van der Waals surface area contributed by atoms with E-state index < -0.39 is 11.6 Å². The van der Waals surface area contributed by atoms with Crippen molar-refractivity contribution in [3.63, 3.8) is 0 Å². The van der Waals surface area contributed by atoms with Crippen LogP contribution in [0.5, 0.6) is 5.75 Å². The van der Waals surface area contributed by atoms with Gasteiger partial charge in [-0.05, 0) is 42.2 Å². The summed E-state index contributed by atoms with van der Waals surface area (Å²) >= 11 is 0. The standard InChI is InChI=1S/C22H27FN2O2/c23-22(14-16-6-2-1-3-7-16,17-10-12-18(24)13-11-17)15-25-21(27)19-8-4-5-9-20(19)26/h4-5,8-13,16,26H,1-3,6-7,14-15,24H2,(H,25,27). The molecule has 4 nitrogen and oxygen atoms in total. The molecule has 0 aliphatic heterocycles. The highest BCUT2D eigenvalue weighted by Gasteiger charge is 2.36. The van der Waals surface area contributed by atoms with Crippen molar-refractivity contribution < 1.29 is 14.3 Å². The van der Waals surface area contributed by atoms with Crippen molar-refractivity contribution in [3.8, 4) is 5.75 Å². The first-order valence-electron chi connectivity index (χ1n) is 9.59. The summed E-state index contributed by atoms with van der Waals surface area (Å²) in [7, 11) is 0. The van der Waals surface area contributed by atoms with Gasteiger partial charge in [0.2, 0.25) is 0 Å². The molecule has 144 valence electrons. The number of alkyl halides is 1. The Morgan fingerprint density at radius 1 is 1.11 bits per heavy atom. The maximum Gasteiger partial charge on any atom is 0.255 e. The van der Waals surface area contributed by atoms with E-state index in [0.29, 0.717) is 23.6 Å². The van der Waals surface area contributed by atoms with Crippen molar-refractivity contribution in [2.75, 3.05) is 12.3 Å². The monoisotopic (exact) mass is 370 g/mol. The number of nitrogen functional groups attached to an aromatic ring is 1. The molecule has 2 aromatic rings. The van der Waals surface area contributed by atoms with Gasteiger partial charge in [0.25, 0.3) is 5.91 Å². The fraction of sp³-hybridized carbons (Fsp3) is 0.409. The second kappa shape index (κ2) is 8.42. The molecule has 0 radical (unpaired) electrons. The van der Waals surface area contributed by atoms with E-state index in [4.69, 9.17) is 5.73 Å². The minimum Gasteiger partial charge on any atom is -0.507 e. The molecular weight excluding hydrogens is 343 g/mol. The third kappa shape index (κ3) is 4.79. The number of phenols is 1. The van der Waals surface area contributed by atoms with Crippen molar-refractivity contribution >= 4 is 11.6 Å². The van der Waals surface area contributed by atoms with E-state index in [2.05, 4.69) is 5.32 Å². The average molecular weight is 370 g/mol. The number of hydrogen-bond acceptors (Lipinski definition) is 3. The number of nitrogens with one attached hydrogen (secondary N) is 1. The summed E-state index contributed by atoms with van der Waals surface area (Å²) in [5, 5.41) is 12.5. The lowest BCUT2D eigenvalue weighted by atomic mass is 9.79. The zero-order valence-electron chi connectivity index (χ0n) is 15.5. The summed E-state index contributed by atoms with van der Waals surface area (Å²) in [5.41, 5.74) is 5.33. The summed E-state index contributed by atoms with van der Waals surface area (Å²) in [4.78, 5) is 12.4. The number of halogens is 1. The molecule has 0 heterocycles. The van der Waals surface area contributed by atoms with Crippen LogP contribution in [0.25, 0.3) is 0 Å². The van der Waals surface area contributed by atoms with Gasteiger partial charge in [-0.25, -0.2) is 4.39 Å². The van der Waals surface area contributed by atoms with Gasteiger partial charge in [0.05, 0.1) is 12.1 Å².